The third kappa shape index (κ3) is 3.34. The second-order valence-corrected chi connectivity index (χ2v) is 6.42. The van der Waals surface area contributed by atoms with Gasteiger partial charge >= 0.3 is 5.97 Å². The minimum Gasteiger partial charge on any atom is -0.456 e. The zero-order chi connectivity index (χ0) is 17.3. The number of fused-ring (bicyclic) bond motifs is 1. The Balaban J connectivity index is 1.81. The average Bonchev–Trinajstić information content (AvgIpc) is 2.57. The van der Waals surface area contributed by atoms with Crippen molar-refractivity contribution in [2.45, 2.75) is 13.5 Å². The van der Waals surface area contributed by atoms with Crippen molar-refractivity contribution < 1.29 is 9.53 Å². The van der Waals surface area contributed by atoms with Crippen LogP contribution >= 0.6 is 27.5 Å². The van der Waals surface area contributed by atoms with Crippen LogP contribution in [0.1, 0.15) is 21.6 Å². The van der Waals surface area contributed by atoms with Crippen molar-refractivity contribution in [3.05, 3.63) is 79.3 Å². The largest absolute Gasteiger partial charge is 0.456 e. The Hall–Kier alpha value is -2.18. The summed E-state index contributed by atoms with van der Waals surface area (Å²) in [6.45, 7) is 1.75. The first-order valence-corrected chi connectivity index (χ1v) is 8.23. The summed E-state index contributed by atoms with van der Waals surface area (Å²) < 4.78 is 7.38. The molecule has 122 valence electrons. The molecule has 0 N–H and O–H groups in total. The van der Waals surface area contributed by atoms with E-state index in [2.05, 4.69) is 20.9 Å². The molecular formula is C17H12BrClN2O3. The molecule has 24 heavy (non-hydrogen) atoms. The molecule has 0 spiro atoms. The SMILES string of the molecule is Cc1c(Cl)cc(C(=O)OCc2cc(=O)n3ccccc3n2)cc1Br. The molecule has 2 heterocycles. The number of ether oxygens (including phenoxy) is 1. The van der Waals surface area contributed by atoms with E-state index in [4.69, 9.17) is 16.3 Å². The summed E-state index contributed by atoms with van der Waals surface area (Å²) in [5.41, 5.74) is 1.83. The average molecular weight is 408 g/mol. The molecule has 5 nitrogen and oxygen atoms in total. The van der Waals surface area contributed by atoms with E-state index in [0.717, 1.165) is 10.0 Å². The van der Waals surface area contributed by atoms with Crippen molar-refractivity contribution in [1.29, 1.82) is 0 Å². The maximum absolute atomic E-state index is 12.2. The van der Waals surface area contributed by atoms with Crippen LogP contribution in [0.2, 0.25) is 5.02 Å². The maximum atomic E-state index is 12.2. The van der Waals surface area contributed by atoms with Crippen LogP contribution in [0, 0.1) is 6.92 Å². The van der Waals surface area contributed by atoms with Crippen LogP contribution in [0.3, 0.4) is 0 Å². The number of esters is 1. The van der Waals surface area contributed by atoms with E-state index < -0.39 is 5.97 Å². The van der Waals surface area contributed by atoms with Crippen molar-refractivity contribution in [3.63, 3.8) is 0 Å². The predicted molar refractivity (Wildman–Crippen MR) is 94.5 cm³/mol. The van der Waals surface area contributed by atoms with Gasteiger partial charge in [-0.2, -0.15) is 0 Å². The topological polar surface area (TPSA) is 60.7 Å². The number of hydrogen-bond donors (Lipinski definition) is 0. The van der Waals surface area contributed by atoms with Crippen LogP contribution in [0.5, 0.6) is 0 Å². The summed E-state index contributed by atoms with van der Waals surface area (Å²) >= 11 is 9.42. The molecule has 7 heteroatoms. The molecule has 1 aromatic carbocycles. The van der Waals surface area contributed by atoms with Crippen LogP contribution in [-0.4, -0.2) is 15.4 Å². The van der Waals surface area contributed by atoms with Crippen LogP contribution in [-0.2, 0) is 11.3 Å². The molecule has 2 aromatic heterocycles. The number of aromatic nitrogens is 2. The van der Waals surface area contributed by atoms with Crippen molar-refractivity contribution in [1.82, 2.24) is 9.38 Å². The van der Waals surface area contributed by atoms with Gasteiger partial charge < -0.3 is 4.74 Å². The van der Waals surface area contributed by atoms with E-state index in [1.54, 1.807) is 36.5 Å². The molecule has 0 bridgehead atoms. The van der Waals surface area contributed by atoms with E-state index in [1.807, 2.05) is 6.92 Å². The third-order valence-corrected chi connectivity index (χ3v) is 4.71. The number of hydrogen-bond acceptors (Lipinski definition) is 4. The molecule has 0 radical (unpaired) electrons. The van der Waals surface area contributed by atoms with E-state index in [-0.39, 0.29) is 12.2 Å². The molecule has 0 fully saturated rings. The van der Waals surface area contributed by atoms with Crippen molar-refractivity contribution in [3.8, 4) is 0 Å². The fraction of sp³-hybridized carbons (Fsp3) is 0.118. The molecule has 0 saturated heterocycles. The number of rotatable bonds is 3. The molecule has 3 rings (SSSR count). The molecule has 3 aromatic rings. The number of benzene rings is 1. The van der Waals surface area contributed by atoms with Crippen LogP contribution in [0.15, 0.2) is 51.9 Å². The van der Waals surface area contributed by atoms with Crippen LogP contribution < -0.4 is 5.56 Å². The van der Waals surface area contributed by atoms with Gasteiger partial charge in [0.15, 0.2) is 0 Å². The van der Waals surface area contributed by atoms with E-state index in [9.17, 15) is 9.59 Å². The smallest absolute Gasteiger partial charge is 0.338 e. The van der Waals surface area contributed by atoms with Gasteiger partial charge in [-0.3, -0.25) is 9.20 Å². The van der Waals surface area contributed by atoms with E-state index in [0.29, 0.717) is 21.9 Å². The quantitative estimate of drug-likeness (QED) is 0.620. The lowest BCUT2D eigenvalue weighted by atomic mass is 10.1. The number of pyridine rings is 1. The van der Waals surface area contributed by atoms with Gasteiger partial charge in [0.25, 0.3) is 5.56 Å². The van der Waals surface area contributed by atoms with Gasteiger partial charge in [0.2, 0.25) is 0 Å². The number of carbonyl (C=O) groups excluding carboxylic acids is 1. The highest BCUT2D eigenvalue weighted by atomic mass is 79.9. The van der Waals surface area contributed by atoms with Crippen LogP contribution in [0.4, 0.5) is 0 Å². The standard InChI is InChI=1S/C17H12BrClN2O3/c1-10-13(18)6-11(7-14(10)19)17(23)24-9-12-8-16(22)21-5-3-2-4-15(21)20-12/h2-8H,9H2,1H3. The minimum atomic E-state index is -0.535. The van der Waals surface area contributed by atoms with Gasteiger partial charge in [0, 0.05) is 21.8 Å². The van der Waals surface area contributed by atoms with Gasteiger partial charge in [-0.05, 0) is 36.8 Å². The second kappa shape index (κ2) is 6.75. The fourth-order valence-corrected chi connectivity index (χ4v) is 2.96. The highest BCUT2D eigenvalue weighted by molar-refractivity contribution is 9.10. The normalized spacial score (nSPS) is 10.8. The fourth-order valence-electron chi connectivity index (χ4n) is 2.16. The van der Waals surface area contributed by atoms with Crippen molar-refractivity contribution >= 4 is 39.1 Å². The molecule has 0 aliphatic heterocycles. The second-order valence-electron chi connectivity index (χ2n) is 5.16. The Morgan fingerprint density at radius 3 is 2.88 bits per heavy atom. The predicted octanol–water partition coefficient (Wildman–Crippen LogP) is 3.78. The van der Waals surface area contributed by atoms with E-state index in [1.165, 1.54) is 10.5 Å². The van der Waals surface area contributed by atoms with Gasteiger partial charge in [0.1, 0.15) is 12.3 Å². The summed E-state index contributed by atoms with van der Waals surface area (Å²) in [6.07, 6.45) is 1.63. The van der Waals surface area contributed by atoms with E-state index >= 15 is 0 Å². The number of halogens is 2. The molecule has 0 unspecified atom stereocenters. The Morgan fingerprint density at radius 1 is 1.33 bits per heavy atom. The summed E-state index contributed by atoms with van der Waals surface area (Å²) in [4.78, 5) is 28.5. The monoisotopic (exact) mass is 406 g/mol. The molecular weight excluding hydrogens is 396 g/mol. The van der Waals surface area contributed by atoms with Gasteiger partial charge in [-0.25, -0.2) is 9.78 Å². The van der Waals surface area contributed by atoms with Gasteiger partial charge in [-0.15, -0.1) is 0 Å². The third-order valence-electron chi connectivity index (χ3n) is 3.49. The summed E-state index contributed by atoms with van der Waals surface area (Å²) in [5.74, 6) is -0.535. The molecule has 0 atom stereocenters. The molecule has 0 aliphatic rings. The maximum Gasteiger partial charge on any atom is 0.338 e. The number of nitrogens with zero attached hydrogens (tertiary/aromatic N) is 2. The Morgan fingerprint density at radius 2 is 2.12 bits per heavy atom. The minimum absolute atomic E-state index is 0.0947. The van der Waals surface area contributed by atoms with Gasteiger partial charge in [0.05, 0.1) is 11.3 Å². The molecule has 0 aliphatic carbocycles. The zero-order valence-electron chi connectivity index (χ0n) is 12.6. The highest BCUT2D eigenvalue weighted by Gasteiger charge is 2.13. The summed E-state index contributed by atoms with van der Waals surface area (Å²) in [6, 6.07) is 9.78. The summed E-state index contributed by atoms with van der Waals surface area (Å²) in [5, 5.41) is 0.471. The Bertz CT molecular complexity index is 978. The first kappa shape index (κ1) is 16.7. The lowest BCUT2D eigenvalue weighted by Gasteiger charge is -2.08. The molecule has 0 saturated carbocycles. The highest BCUT2D eigenvalue weighted by Crippen LogP contribution is 2.26. The Kier molecular flexibility index (Phi) is 4.69. The number of carbonyl (C=O) groups is 1. The first-order valence-electron chi connectivity index (χ1n) is 7.06. The molecule has 0 amide bonds. The zero-order valence-corrected chi connectivity index (χ0v) is 15.0. The lowest BCUT2D eigenvalue weighted by molar-refractivity contribution is 0.0467. The van der Waals surface area contributed by atoms with Crippen molar-refractivity contribution in [2.75, 3.05) is 0 Å². The summed E-state index contributed by atoms with van der Waals surface area (Å²) in [7, 11) is 0. The van der Waals surface area contributed by atoms with Crippen molar-refractivity contribution in [2.24, 2.45) is 0 Å². The lowest BCUT2D eigenvalue weighted by Crippen LogP contribution is -2.16. The van der Waals surface area contributed by atoms with Crippen LogP contribution in [0.25, 0.3) is 5.65 Å². The van der Waals surface area contributed by atoms with Gasteiger partial charge in [-0.1, -0.05) is 33.6 Å². The Labute approximate surface area is 151 Å². The first-order chi connectivity index (χ1) is 11.5.